The Kier molecular flexibility index (Phi) is 7.18. The average Bonchev–Trinajstić information content (AvgIpc) is 3.54. The van der Waals surface area contributed by atoms with Crippen LogP contribution < -0.4 is 10.6 Å². The molecule has 0 aromatic heterocycles. The van der Waals surface area contributed by atoms with E-state index in [1.807, 2.05) is 0 Å². The molecule has 3 N–H and O–H groups in total. The Morgan fingerprint density at radius 3 is 2.27 bits per heavy atom. The van der Waals surface area contributed by atoms with Crippen LogP contribution in [0.3, 0.4) is 0 Å². The van der Waals surface area contributed by atoms with Crippen molar-refractivity contribution in [2.75, 3.05) is 11.9 Å². The lowest BCUT2D eigenvalue weighted by Crippen LogP contribution is -2.48. The Morgan fingerprint density at radius 2 is 1.70 bits per heavy atom. The number of hydrogen-bond donors (Lipinski definition) is 3. The first kappa shape index (κ1) is 25.2. The lowest BCUT2D eigenvalue weighted by atomic mass is 9.91. The first-order valence-corrected chi connectivity index (χ1v) is 10.4. The number of hydrogen-bond acceptors (Lipinski definition) is 3. The van der Waals surface area contributed by atoms with Crippen molar-refractivity contribution in [2.45, 2.75) is 43.8 Å². The molecule has 0 aliphatic heterocycles. The first-order valence-electron chi connectivity index (χ1n) is 10.1. The number of alkyl halides is 6. The molecule has 0 saturated heterocycles. The standard InChI is InChI=1S/C22H21ClF6N2O2/c23-18-10-17(7-6-14(18)11-30-19(32)8-13-4-5-13)31-12-20(33,22(27,28)29)15-2-1-3-16(9-15)21(24,25)26/h1-3,6-7,9-10,13,31,33H,4-5,8,11-12H2,(H,30,32)/t20-/m1/s1. The van der Waals surface area contributed by atoms with E-state index in [0.717, 1.165) is 25.0 Å². The number of benzene rings is 2. The van der Waals surface area contributed by atoms with Gasteiger partial charge in [-0.1, -0.05) is 29.8 Å². The molecule has 2 aromatic carbocycles. The summed E-state index contributed by atoms with van der Waals surface area (Å²) < 4.78 is 79.9. The minimum Gasteiger partial charge on any atom is -0.381 e. The van der Waals surface area contributed by atoms with Crippen molar-refractivity contribution in [3.63, 3.8) is 0 Å². The fourth-order valence-electron chi connectivity index (χ4n) is 3.20. The molecule has 1 saturated carbocycles. The predicted octanol–water partition coefficient (Wildman–Crippen LogP) is 5.64. The smallest absolute Gasteiger partial charge is 0.381 e. The van der Waals surface area contributed by atoms with Gasteiger partial charge in [0.2, 0.25) is 11.5 Å². The van der Waals surface area contributed by atoms with E-state index in [9.17, 15) is 36.2 Å². The summed E-state index contributed by atoms with van der Waals surface area (Å²) in [7, 11) is 0. The molecule has 1 amide bonds. The van der Waals surface area contributed by atoms with Crippen LogP contribution in [0.4, 0.5) is 32.0 Å². The van der Waals surface area contributed by atoms with Gasteiger partial charge in [0.1, 0.15) is 0 Å². The van der Waals surface area contributed by atoms with Crippen molar-refractivity contribution in [1.82, 2.24) is 5.32 Å². The molecule has 0 heterocycles. The molecule has 180 valence electrons. The van der Waals surface area contributed by atoms with Gasteiger partial charge < -0.3 is 15.7 Å². The molecule has 0 spiro atoms. The quantitative estimate of drug-likeness (QED) is 0.416. The van der Waals surface area contributed by atoms with E-state index in [2.05, 4.69) is 10.6 Å². The molecule has 0 unspecified atom stereocenters. The van der Waals surface area contributed by atoms with Crippen LogP contribution in [0.15, 0.2) is 42.5 Å². The second kappa shape index (κ2) is 9.42. The molecular formula is C22H21ClF6N2O2. The largest absolute Gasteiger partial charge is 0.423 e. The fourth-order valence-corrected chi connectivity index (χ4v) is 3.45. The number of amides is 1. The van der Waals surface area contributed by atoms with E-state index < -0.39 is 35.6 Å². The predicted molar refractivity (Wildman–Crippen MR) is 111 cm³/mol. The van der Waals surface area contributed by atoms with Crippen LogP contribution in [0.1, 0.15) is 36.0 Å². The molecule has 3 rings (SSSR count). The van der Waals surface area contributed by atoms with Crippen molar-refractivity contribution in [3.05, 3.63) is 64.2 Å². The Balaban J connectivity index is 1.72. The summed E-state index contributed by atoms with van der Waals surface area (Å²) >= 11 is 6.16. The van der Waals surface area contributed by atoms with Crippen LogP contribution in [-0.2, 0) is 23.1 Å². The van der Waals surface area contributed by atoms with E-state index in [1.165, 1.54) is 18.2 Å². The monoisotopic (exact) mass is 494 g/mol. The maximum absolute atomic E-state index is 13.7. The molecule has 1 atom stereocenters. The summed E-state index contributed by atoms with van der Waals surface area (Å²) in [5.74, 6) is 0.295. The molecule has 0 bridgehead atoms. The van der Waals surface area contributed by atoms with Crippen molar-refractivity contribution < 1.29 is 36.2 Å². The Morgan fingerprint density at radius 1 is 1.03 bits per heavy atom. The number of halogens is 7. The Bertz CT molecular complexity index is 1010. The van der Waals surface area contributed by atoms with Crippen molar-refractivity contribution >= 4 is 23.2 Å². The molecular weight excluding hydrogens is 474 g/mol. The highest BCUT2D eigenvalue weighted by Crippen LogP contribution is 2.41. The van der Waals surface area contributed by atoms with E-state index in [4.69, 9.17) is 11.6 Å². The van der Waals surface area contributed by atoms with Gasteiger partial charge in [-0.2, -0.15) is 26.3 Å². The number of carbonyl (C=O) groups excluding carboxylic acids is 1. The molecule has 11 heteroatoms. The molecule has 1 fully saturated rings. The van der Waals surface area contributed by atoms with Gasteiger partial charge in [0.05, 0.1) is 12.1 Å². The molecule has 1 aliphatic rings. The highest BCUT2D eigenvalue weighted by Gasteiger charge is 2.55. The van der Waals surface area contributed by atoms with Gasteiger partial charge in [0.25, 0.3) is 0 Å². The number of nitrogens with one attached hydrogen (secondary N) is 2. The first-order chi connectivity index (χ1) is 15.3. The van der Waals surface area contributed by atoms with Crippen molar-refractivity contribution in [3.8, 4) is 0 Å². The molecule has 2 aromatic rings. The molecule has 4 nitrogen and oxygen atoms in total. The lowest BCUT2D eigenvalue weighted by molar-refractivity contribution is -0.260. The van der Waals surface area contributed by atoms with Gasteiger partial charge in [-0.3, -0.25) is 4.79 Å². The molecule has 33 heavy (non-hydrogen) atoms. The Hall–Kier alpha value is -2.46. The SMILES string of the molecule is O=C(CC1CC1)NCc1ccc(NC[C@@](O)(c2cccc(C(F)(F)F)c2)C(F)(F)F)cc1Cl. The summed E-state index contributed by atoms with van der Waals surface area (Å²) in [5, 5.41) is 15.7. The van der Waals surface area contributed by atoms with Crippen LogP contribution in [0.2, 0.25) is 5.02 Å². The van der Waals surface area contributed by atoms with E-state index in [1.54, 1.807) is 0 Å². The minimum absolute atomic E-state index is 0.114. The van der Waals surface area contributed by atoms with Crippen LogP contribution in [0.25, 0.3) is 0 Å². The van der Waals surface area contributed by atoms with E-state index in [0.29, 0.717) is 24.0 Å². The zero-order valence-corrected chi connectivity index (χ0v) is 17.9. The minimum atomic E-state index is -5.26. The third-order valence-corrected chi connectivity index (χ3v) is 5.74. The zero-order valence-electron chi connectivity index (χ0n) is 17.2. The fraction of sp³-hybridized carbons (Fsp3) is 0.409. The third-order valence-electron chi connectivity index (χ3n) is 5.38. The summed E-state index contributed by atoms with van der Waals surface area (Å²) in [6.07, 6.45) is -7.64. The van der Waals surface area contributed by atoms with Crippen molar-refractivity contribution in [1.29, 1.82) is 0 Å². The number of anilines is 1. The molecule has 0 radical (unpaired) electrons. The van der Waals surface area contributed by atoms with Gasteiger partial charge >= 0.3 is 12.4 Å². The number of carbonyl (C=O) groups is 1. The van der Waals surface area contributed by atoms with Crippen molar-refractivity contribution in [2.24, 2.45) is 5.92 Å². The van der Waals surface area contributed by atoms with E-state index >= 15 is 0 Å². The number of aliphatic hydroxyl groups is 1. The topological polar surface area (TPSA) is 61.4 Å². The summed E-state index contributed by atoms with van der Waals surface area (Å²) in [4.78, 5) is 11.8. The van der Waals surface area contributed by atoms with Crippen LogP contribution in [0, 0.1) is 5.92 Å². The van der Waals surface area contributed by atoms with E-state index in [-0.39, 0.29) is 29.2 Å². The van der Waals surface area contributed by atoms with Crippen LogP contribution >= 0.6 is 11.6 Å². The Labute approximate surface area is 190 Å². The summed E-state index contributed by atoms with van der Waals surface area (Å²) in [5.41, 5.74) is -5.19. The zero-order chi connectivity index (χ0) is 24.4. The highest BCUT2D eigenvalue weighted by molar-refractivity contribution is 6.31. The third kappa shape index (κ3) is 6.32. The summed E-state index contributed by atoms with van der Waals surface area (Å²) in [6, 6.07) is 6.69. The van der Waals surface area contributed by atoms with Crippen LogP contribution in [0.5, 0.6) is 0 Å². The normalized spacial score (nSPS) is 16.2. The maximum Gasteiger partial charge on any atom is 0.423 e. The lowest BCUT2D eigenvalue weighted by Gasteiger charge is -2.32. The average molecular weight is 495 g/mol. The van der Waals surface area contributed by atoms with Gasteiger partial charge in [-0.15, -0.1) is 0 Å². The summed E-state index contributed by atoms with van der Waals surface area (Å²) in [6.45, 7) is -1.01. The van der Waals surface area contributed by atoms with Gasteiger partial charge in [-0.25, -0.2) is 0 Å². The van der Waals surface area contributed by atoms with Gasteiger partial charge in [-0.05, 0) is 54.2 Å². The highest BCUT2D eigenvalue weighted by atomic mass is 35.5. The second-order valence-electron chi connectivity index (χ2n) is 8.02. The molecule has 1 aliphatic carbocycles. The van der Waals surface area contributed by atoms with Gasteiger partial charge in [0.15, 0.2) is 0 Å². The number of rotatable bonds is 8. The maximum atomic E-state index is 13.7. The second-order valence-corrected chi connectivity index (χ2v) is 8.43. The van der Waals surface area contributed by atoms with Gasteiger partial charge in [0, 0.05) is 23.7 Å². The van der Waals surface area contributed by atoms with Crippen LogP contribution in [-0.4, -0.2) is 23.7 Å².